The molecule has 1 saturated heterocycles. The first-order valence-electron chi connectivity index (χ1n) is 6.25. The minimum Gasteiger partial charge on any atom is -0.348 e. The molecule has 1 aliphatic rings. The van der Waals surface area contributed by atoms with Crippen LogP contribution in [0, 0.1) is 0 Å². The van der Waals surface area contributed by atoms with Gasteiger partial charge in [-0.15, -0.1) is 0 Å². The van der Waals surface area contributed by atoms with E-state index in [9.17, 15) is 0 Å². The Balaban J connectivity index is 1.99. The summed E-state index contributed by atoms with van der Waals surface area (Å²) in [7, 11) is 2.10. The summed E-state index contributed by atoms with van der Waals surface area (Å²) in [5, 5.41) is 4.54. The lowest BCUT2D eigenvalue weighted by molar-refractivity contribution is 0.552. The van der Waals surface area contributed by atoms with Gasteiger partial charge in [0.05, 0.1) is 0 Å². The van der Waals surface area contributed by atoms with Gasteiger partial charge in [-0.3, -0.25) is 0 Å². The Morgan fingerprint density at radius 2 is 2.24 bits per heavy atom. The standard InChI is InChI=1S/C12H22N4S/c1-12(2,3)10-14-11(17-15-10)16(4)8-9-6-5-7-13-9/h9,13H,5-8H2,1-4H3. The summed E-state index contributed by atoms with van der Waals surface area (Å²) in [6.45, 7) is 8.63. The number of nitrogens with one attached hydrogen (secondary N) is 1. The number of likely N-dealkylation sites (N-methyl/N-ethyl adjacent to an activating group) is 1. The molecule has 0 amide bonds. The first kappa shape index (κ1) is 12.8. The zero-order chi connectivity index (χ0) is 12.5. The Bertz CT molecular complexity index is 363. The predicted octanol–water partition coefficient (Wildman–Crippen LogP) is 2.02. The molecule has 4 nitrogen and oxygen atoms in total. The van der Waals surface area contributed by atoms with Crippen molar-refractivity contribution in [3.63, 3.8) is 0 Å². The molecule has 1 atom stereocenters. The zero-order valence-electron chi connectivity index (χ0n) is 11.2. The van der Waals surface area contributed by atoms with Gasteiger partial charge in [0.1, 0.15) is 5.82 Å². The molecule has 1 aromatic rings. The molecule has 0 aliphatic carbocycles. The fraction of sp³-hybridized carbons (Fsp3) is 0.833. The van der Waals surface area contributed by atoms with Crippen molar-refractivity contribution in [1.82, 2.24) is 14.7 Å². The third-order valence-corrected chi connectivity index (χ3v) is 3.90. The van der Waals surface area contributed by atoms with Crippen molar-refractivity contribution in [2.24, 2.45) is 0 Å². The lowest BCUT2D eigenvalue weighted by atomic mass is 9.96. The third-order valence-electron chi connectivity index (χ3n) is 3.07. The molecular weight excluding hydrogens is 232 g/mol. The van der Waals surface area contributed by atoms with Gasteiger partial charge in [0.25, 0.3) is 0 Å². The van der Waals surface area contributed by atoms with E-state index in [1.165, 1.54) is 24.4 Å². The quantitative estimate of drug-likeness (QED) is 0.896. The van der Waals surface area contributed by atoms with Crippen molar-refractivity contribution in [2.75, 3.05) is 25.0 Å². The highest BCUT2D eigenvalue weighted by Crippen LogP contribution is 2.25. The summed E-state index contributed by atoms with van der Waals surface area (Å²) in [4.78, 5) is 6.85. The summed E-state index contributed by atoms with van der Waals surface area (Å²) in [6.07, 6.45) is 2.57. The predicted molar refractivity (Wildman–Crippen MR) is 72.9 cm³/mol. The van der Waals surface area contributed by atoms with E-state index in [-0.39, 0.29) is 5.41 Å². The van der Waals surface area contributed by atoms with Gasteiger partial charge >= 0.3 is 0 Å². The summed E-state index contributed by atoms with van der Waals surface area (Å²) in [5.41, 5.74) is 0.0429. The molecule has 1 unspecified atom stereocenters. The second kappa shape index (κ2) is 4.90. The van der Waals surface area contributed by atoms with Gasteiger partial charge in [0.15, 0.2) is 0 Å². The number of nitrogens with zero attached hydrogens (tertiary/aromatic N) is 3. The summed E-state index contributed by atoms with van der Waals surface area (Å²) in [6, 6.07) is 0.613. The van der Waals surface area contributed by atoms with Gasteiger partial charge in [-0.25, -0.2) is 4.98 Å². The van der Waals surface area contributed by atoms with Crippen LogP contribution in [0.2, 0.25) is 0 Å². The van der Waals surface area contributed by atoms with Crippen LogP contribution < -0.4 is 10.2 Å². The molecular formula is C12H22N4S. The van der Waals surface area contributed by atoms with Crippen molar-refractivity contribution >= 4 is 16.7 Å². The normalized spacial score (nSPS) is 20.8. The van der Waals surface area contributed by atoms with Gasteiger partial charge in [0.2, 0.25) is 5.13 Å². The maximum Gasteiger partial charge on any atom is 0.205 e. The SMILES string of the molecule is CN(CC1CCCN1)c1nc(C(C)(C)C)ns1. The first-order valence-corrected chi connectivity index (χ1v) is 7.03. The molecule has 0 radical (unpaired) electrons. The van der Waals surface area contributed by atoms with Gasteiger partial charge in [-0.1, -0.05) is 20.8 Å². The molecule has 1 aliphatic heterocycles. The maximum absolute atomic E-state index is 4.63. The Labute approximate surface area is 108 Å². The third kappa shape index (κ3) is 3.16. The lowest BCUT2D eigenvalue weighted by Crippen LogP contribution is -2.35. The molecule has 5 heteroatoms. The average molecular weight is 254 g/mol. The smallest absolute Gasteiger partial charge is 0.205 e. The van der Waals surface area contributed by atoms with Crippen LogP contribution in [-0.2, 0) is 5.41 Å². The molecule has 1 fully saturated rings. The molecule has 2 rings (SSSR count). The van der Waals surface area contributed by atoms with Crippen LogP contribution in [0.5, 0.6) is 0 Å². The highest BCUT2D eigenvalue weighted by atomic mass is 32.1. The summed E-state index contributed by atoms with van der Waals surface area (Å²) < 4.78 is 4.45. The average Bonchev–Trinajstić information content (AvgIpc) is 2.85. The molecule has 1 aromatic heterocycles. The summed E-state index contributed by atoms with van der Waals surface area (Å²) in [5.74, 6) is 0.948. The largest absolute Gasteiger partial charge is 0.348 e. The van der Waals surface area contributed by atoms with Crippen LogP contribution in [0.15, 0.2) is 0 Å². The van der Waals surface area contributed by atoms with E-state index < -0.39 is 0 Å². The van der Waals surface area contributed by atoms with E-state index in [1.54, 1.807) is 0 Å². The number of anilines is 1. The van der Waals surface area contributed by atoms with E-state index in [4.69, 9.17) is 0 Å². The van der Waals surface area contributed by atoms with Crippen LogP contribution in [-0.4, -0.2) is 35.5 Å². The maximum atomic E-state index is 4.63. The molecule has 17 heavy (non-hydrogen) atoms. The van der Waals surface area contributed by atoms with Crippen molar-refractivity contribution < 1.29 is 0 Å². The number of hydrogen-bond acceptors (Lipinski definition) is 5. The first-order chi connectivity index (χ1) is 7.97. The second-order valence-electron chi connectivity index (χ2n) is 5.82. The van der Waals surface area contributed by atoms with Crippen molar-refractivity contribution in [3.05, 3.63) is 5.82 Å². The van der Waals surface area contributed by atoms with E-state index >= 15 is 0 Å². The van der Waals surface area contributed by atoms with E-state index in [1.807, 2.05) is 0 Å². The molecule has 1 N–H and O–H groups in total. The molecule has 0 aromatic carbocycles. The number of hydrogen-bond donors (Lipinski definition) is 1. The van der Waals surface area contributed by atoms with Crippen LogP contribution >= 0.6 is 11.5 Å². The van der Waals surface area contributed by atoms with Gasteiger partial charge in [-0.05, 0) is 19.4 Å². The van der Waals surface area contributed by atoms with Crippen LogP contribution in [0.3, 0.4) is 0 Å². The Morgan fingerprint density at radius 3 is 2.76 bits per heavy atom. The molecule has 96 valence electrons. The fourth-order valence-electron chi connectivity index (χ4n) is 2.00. The molecule has 2 heterocycles. The minimum atomic E-state index is 0.0429. The number of rotatable bonds is 3. The van der Waals surface area contributed by atoms with Crippen LogP contribution in [0.4, 0.5) is 5.13 Å². The Morgan fingerprint density at radius 1 is 1.47 bits per heavy atom. The zero-order valence-corrected chi connectivity index (χ0v) is 12.0. The van der Waals surface area contributed by atoms with Crippen LogP contribution in [0.25, 0.3) is 0 Å². The van der Waals surface area contributed by atoms with Gasteiger partial charge in [0, 0.05) is 36.6 Å². The fourth-order valence-corrected chi connectivity index (χ4v) is 2.82. The van der Waals surface area contributed by atoms with E-state index in [0.29, 0.717) is 6.04 Å². The monoisotopic (exact) mass is 254 g/mol. The highest BCUT2D eigenvalue weighted by molar-refractivity contribution is 7.09. The molecule has 0 spiro atoms. The molecule has 0 saturated carbocycles. The van der Waals surface area contributed by atoms with E-state index in [0.717, 1.165) is 24.0 Å². The van der Waals surface area contributed by atoms with Gasteiger partial charge in [-0.2, -0.15) is 4.37 Å². The lowest BCUT2D eigenvalue weighted by Gasteiger charge is -2.20. The van der Waals surface area contributed by atoms with Crippen molar-refractivity contribution in [1.29, 1.82) is 0 Å². The second-order valence-corrected chi connectivity index (χ2v) is 6.55. The number of aromatic nitrogens is 2. The van der Waals surface area contributed by atoms with Gasteiger partial charge < -0.3 is 10.2 Å². The Kier molecular flexibility index (Phi) is 3.68. The summed E-state index contributed by atoms with van der Waals surface area (Å²) >= 11 is 1.50. The molecule has 0 bridgehead atoms. The Hall–Kier alpha value is -0.680. The van der Waals surface area contributed by atoms with E-state index in [2.05, 4.69) is 47.4 Å². The highest BCUT2D eigenvalue weighted by Gasteiger charge is 2.22. The minimum absolute atomic E-state index is 0.0429. The topological polar surface area (TPSA) is 41.0 Å². The van der Waals surface area contributed by atoms with Crippen LogP contribution in [0.1, 0.15) is 39.4 Å². The van der Waals surface area contributed by atoms with Crippen molar-refractivity contribution in [2.45, 2.75) is 45.1 Å². The van der Waals surface area contributed by atoms with Crippen molar-refractivity contribution in [3.8, 4) is 0 Å².